The Bertz CT molecular complexity index is 574. The van der Waals surface area contributed by atoms with Crippen molar-refractivity contribution in [2.75, 3.05) is 47.6 Å². The second-order valence-corrected chi connectivity index (χ2v) is 6.41. The Hall–Kier alpha value is -1.99. The van der Waals surface area contributed by atoms with Gasteiger partial charge in [0.2, 0.25) is 0 Å². The van der Waals surface area contributed by atoms with Gasteiger partial charge in [0, 0.05) is 52.8 Å². The molecule has 1 aromatic carbocycles. The predicted octanol–water partition coefficient (Wildman–Crippen LogP) is 1.82. The summed E-state index contributed by atoms with van der Waals surface area (Å²) in [7, 11) is 5.16. The quantitative estimate of drug-likeness (QED) is 0.541. The Balaban J connectivity index is 1.78. The summed E-state index contributed by atoms with van der Waals surface area (Å²) in [5.41, 5.74) is -0.196. The minimum atomic E-state index is -0.196. The maximum absolute atomic E-state index is 5.92. The lowest BCUT2D eigenvalue weighted by molar-refractivity contribution is -0.0855. The van der Waals surface area contributed by atoms with E-state index in [2.05, 4.69) is 15.6 Å². The third-order valence-electron chi connectivity index (χ3n) is 4.57. The van der Waals surface area contributed by atoms with Crippen LogP contribution in [0.2, 0.25) is 0 Å². The number of nitrogens with zero attached hydrogens (tertiary/aromatic N) is 1. The lowest BCUT2D eigenvalue weighted by Crippen LogP contribution is -2.51. The molecule has 0 spiro atoms. The lowest BCUT2D eigenvalue weighted by Gasteiger charge is -2.36. The molecular formula is C19H31N3O4. The van der Waals surface area contributed by atoms with Crippen molar-refractivity contribution < 1.29 is 18.9 Å². The van der Waals surface area contributed by atoms with E-state index in [9.17, 15) is 0 Å². The molecule has 1 unspecified atom stereocenters. The lowest BCUT2D eigenvalue weighted by atomic mass is 9.94. The minimum absolute atomic E-state index is 0.0277. The van der Waals surface area contributed by atoms with E-state index in [1.807, 2.05) is 31.2 Å². The summed E-state index contributed by atoms with van der Waals surface area (Å²) in [6, 6.07) is 7.59. The highest BCUT2D eigenvalue weighted by molar-refractivity contribution is 5.79. The number of ether oxygens (including phenoxy) is 4. The Labute approximate surface area is 156 Å². The largest absolute Gasteiger partial charge is 0.497 e. The number of hydrogen-bond donors (Lipinski definition) is 2. The number of benzene rings is 1. The molecule has 0 saturated carbocycles. The molecule has 1 aliphatic heterocycles. The van der Waals surface area contributed by atoms with Crippen LogP contribution in [-0.2, 0) is 9.47 Å². The normalized spacial score (nSPS) is 18.1. The zero-order valence-electron chi connectivity index (χ0n) is 16.2. The van der Waals surface area contributed by atoms with Crippen LogP contribution in [-0.4, -0.2) is 65.2 Å². The summed E-state index contributed by atoms with van der Waals surface area (Å²) >= 11 is 0. The van der Waals surface area contributed by atoms with Crippen LogP contribution in [0.3, 0.4) is 0 Å². The van der Waals surface area contributed by atoms with Crippen LogP contribution in [0.1, 0.15) is 19.8 Å². The molecule has 0 radical (unpaired) electrons. The standard InChI is InChI=1S/C19H31N3O4/c1-15(26-17-7-5-6-16(12-17)23-3)13-21-18(20-2)22-14-19(24-4)8-10-25-11-9-19/h5-7,12,15H,8-11,13-14H2,1-4H3,(H2,20,21,22). The summed E-state index contributed by atoms with van der Waals surface area (Å²) < 4.78 is 22.3. The van der Waals surface area contributed by atoms with Gasteiger partial charge in [-0.1, -0.05) is 6.07 Å². The molecule has 0 aliphatic carbocycles. The second-order valence-electron chi connectivity index (χ2n) is 6.41. The van der Waals surface area contributed by atoms with Crippen LogP contribution in [0.5, 0.6) is 11.5 Å². The first kappa shape index (κ1) is 20.3. The van der Waals surface area contributed by atoms with Gasteiger partial charge in [-0.25, -0.2) is 0 Å². The van der Waals surface area contributed by atoms with Crippen LogP contribution in [0.4, 0.5) is 0 Å². The summed E-state index contributed by atoms with van der Waals surface area (Å²) in [5.74, 6) is 2.29. The highest BCUT2D eigenvalue weighted by atomic mass is 16.5. The second kappa shape index (κ2) is 10.2. The minimum Gasteiger partial charge on any atom is -0.497 e. The third-order valence-corrected chi connectivity index (χ3v) is 4.57. The fraction of sp³-hybridized carbons (Fsp3) is 0.632. The molecular weight excluding hydrogens is 334 g/mol. The molecule has 7 heteroatoms. The monoisotopic (exact) mass is 365 g/mol. The summed E-state index contributed by atoms with van der Waals surface area (Å²) in [4.78, 5) is 4.28. The summed E-state index contributed by atoms with van der Waals surface area (Å²) in [5, 5.41) is 6.65. The Morgan fingerprint density at radius 3 is 2.62 bits per heavy atom. The van der Waals surface area contributed by atoms with Crippen molar-refractivity contribution in [2.45, 2.75) is 31.5 Å². The van der Waals surface area contributed by atoms with E-state index in [0.29, 0.717) is 13.1 Å². The Morgan fingerprint density at radius 2 is 1.96 bits per heavy atom. The van der Waals surface area contributed by atoms with E-state index in [0.717, 1.165) is 43.5 Å². The predicted molar refractivity (Wildman–Crippen MR) is 102 cm³/mol. The molecule has 2 rings (SSSR count). The molecule has 1 aromatic rings. The molecule has 0 bridgehead atoms. The number of guanidine groups is 1. The van der Waals surface area contributed by atoms with Crippen molar-refractivity contribution >= 4 is 5.96 Å². The number of hydrogen-bond acceptors (Lipinski definition) is 5. The van der Waals surface area contributed by atoms with E-state index < -0.39 is 0 Å². The number of aliphatic imine (C=N–C) groups is 1. The molecule has 1 heterocycles. The fourth-order valence-corrected chi connectivity index (χ4v) is 2.85. The van der Waals surface area contributed by atoms with Crippen molar-refractivity contribution in [3.05, 3.63) is 24.3 Å². The van der Waals surface area contributed by atoms with Gasteiger partial charge in [0.05, 0.1) is 19.3 Å². The van der Waals surface area contributed by atoms with Gasteiger partial charge in [0.15, 0.2) is 5.96 Å². The first-order chi connectivity index (χ1) is 12.6. The molecule has 1 aliphatic rings. The Morgan fingerprint density at radius 1 is 1.23 bits per heavy atom. The SMILES string of the molecule is CN=C(NCC(C)Oc1cccc(OC)c1)NCC1(OC)CCOCC1. The number of rotatable bonds is 8. The number of nitrogens with one attached hydrogen (secondary N) is 2. The highest BCUT2D eigenvalue weighted by Crippen LogP contribution is 2.23. The molecule has 0 aromatic heterocycles. The van der Waals surface area contributed by atoms with E-state index in [1.165, 1.54) is 0 Å². The molecule has 1 atom stereocenters. The van der Waals surface area contributed by atoms with Gasteiger partial charge in [-0.05, 0) is 19.1 Å². The van der Waals surface area contributed by atoms with Gasteiger partial charge < -0.3 is 29.6 Å². The van der Waals surface area contributed by atoms with Gasteiger partial charge >= 0.3 is 0 Å². The van der Waals surface area contributed by atoms with Crippen molar-refractivity contribution in [1.82, 2.24) is 10.6 Å². The smallest absolute Gasteiger partial charge is 0.191 e. The van der Waals surface area contributed by atoms with Gasteiger partial charge in [-0.15, -0.1) is 0 Å². The average Bonchev–Trinajstić information content (AvgIpc) is 2.69. The molecule has 146 valence electrons. The van der Waals surface area contributed by atoms with Crippen LogP contribution >= 0.6 is 0 Å². The topological polar surface area (TPSA) is 73.3 Å². The summed E-state index contributed by atoms with van der Waals surface area (Å²) in [6.07, 6.45) is 1.73. The van der Waals surface area contributed by atoms with E-state index in [-0.39, 0.29) is 11.7 Å². The molecule has 1 fully saturated rings. The molecule has 2 N–H and O–H groups in total. The van der Waals surface area contributed by atoms with Crippen molar-refractivity contribution in [3.8, 4) is 11.5 Å². The Kier molecular flexibility index (Phi) is 8.00. The van der Waals surface area contributed by atoms with Gasteiger partial charge in [-0.2, -0.15) is 0 Å². The maximum atomic E-state index is 5.92. The first-order valence-corrected chi connectivity index (χ1v) is 8.99. The van der Waals surface area contributed by atoms with E-state index in [4.69, 9.17) is 18.9 Å². The number of methoxy groups -OCH3 is 2. The fourth-order valence-electron chi connectivity index (χ4n) is 2.85. The van der Waals surface area contributed by atoms with Crippen LogP contribution in [0.15, 0.2) is 29.3 Å². The first-order valence-electron chi connectivity index (χ1n) is 8.99. The van der Waals surface area contributed by atoms with Gasteiger partial charge in [0.1, 0.15) is 17.6 Å². The van der Waals surface area contributed by atoms with E-state index >= 15 is 0 Å². The van der Waals surface area contributed by atoms with Crippen LogP contribution in [0.25, 0.3) is 0 Å². The highest BCUT2D eigenvalue weighted by Gasteiger charge is 2.32. The molecule has 7 nitrogen and oxygen atoms in total. The van der Waals surface area contributed by atoms with Crippen molar-refractivity contribution in [2.24, 2.45) is 4.99 Å². The van der Waals surface area contributed by atoms with Crippen molar-refractivity contribution in [3.63, 3.8) is 0 Å². The average molecular weight is 365 g/mol. The van der Waals surface area contributed by atoms with Crippen LogP contribution < -0.4 is 20.1 Å². The summed E-state index contributed by atoms with van der Waals surface area (Å²) in [6.45, 7) is 4.78. The molecule has 26 heavy (non-hydrogen) atoms. The van der Waals surface area contributed by atoms with E-state index in [1.54, 1.807) is 21.3 Å². The molecule has 1 saturated heterocycles. The van der Waals surface area contributed by atoms with Crippen LogP contribution in [0, 0.1) is 0 Å². The maximum Gasteiger partial charge on any atom is 0.191 e. The van der Waals surface area contributed by atoms with Gasteiger partial charge in [-0.3, -0.25) is 4.99 Å². The zero-order chi connectivity index (χ0) is 18.8. The van der Waals surface area contributed by atoms with Crippen molar-refractivity contribution in [1.29, 1.82) is 0 Å². The molecule has 0 amide bonds. The third kappa shape index (κ3) is 6.07. The van der Waals surface area contributed by atoms with Gasteiger partial charge in [0.25, 0.3) is 0 Å². The zero-order valence-corrected chi connectivity index (χ0v) is 16.2.